The van der Waals surface area contributed by atoms with Crippen LogP contribution in [-0.4, -0.2) is 27.6 Å². The molecule has 0 fully saturated rings. The SMILES string of the molecule is CCn1nc(C)c(CN(C)C(=O)c2cccc(COc3ccc(C(C)C)cc3)c2)c1C. The number of nitrogens with zero attached hydrogens (tertiary/aromatic N) is 3. The fraction of sp³-hybridized carbons (Fsp3) is 0.385. The van der Waals surface area contributed by atoms with E-state index >= 15 is 0 Å². The van der Waals surface area contributed by atoms with E-state index in [0.29, 0.717) is 24.6 Å². The summed E-state index contributed by atoms with van der Waals surface area (Å²) in [6.45, 7) is 12.3. The molecule has 0 radical (unpaired) electrons. The summed E-state index contributed by atoms with van der Waals surface area (Å²) in [6.07, 6.45) is 0. The monoisotopic (exact) mass is 419 g/mol. The molecular weight excluding hydrogens is 386 g/mol. The maximum absolute atomic E-state index is 13.0. The molecule has 1 heterocycles. The van der Waals surface area contributed by atoms with Crippen molar-refractivity contribution < 1.29 is 9.53 Å². The van der Waals surface area contributed by atoms with Crippen molar-refractivity contribution in [3.8, 4) is 5.75 Å². The van der Waals surface area contributed by atoms with Gasteiger partial charge < -0.3 is 9.64 Å². The van der Waals surface area contributed by atoms with Gasteiger partial charge in [0, 0.05) is 37.0 Å². The van der Waals surface area contributed by atoms with Gasteiger partial charge in [0.05, 0.1) is 5.69 Å². The predicted molar refractivity (Wildman–Crippen MR) is 124 cm³/mol. The zero-order valence-electron chi connectivity index (χ0n) is 19.5. The van der Waals surface area contributed by atoms with E-state index in [2.05, 4.69) is 44.9 Å². The molecule has 0 atom stereocenters. The van der Waals surface area contributed by atoms with E-state index in [-0.39, 0.29) is 5.91 Å². The van der Waals surface area contributed by atoms with Crippen LogP contribution < -0.4 is 4.74 Å². The first-order valence-electron chi connectivity index (χ1n) is 10.9. The molecule has 2 aromatic carbocycles. The summed E-state index contributed by atoms with van der Waals surface area (Å²) in [6, 6.07) is 15.9. The number of benzene rings is 2. The molecule has 0 aliphatic rings. The molecule has 3 rings (SSSR count). The van der Waals surface area contributed by atoms with E-state index in [0.717, 1.165) is 34.8 Å². The smallest absolute Gasteiger partial charge is 0.253 e. The van der Waals surface area contributed by atoms with E-state index in [1.54, 1.807) is 4.90 Å². The fourth-order valence-corrected chi connectivity index (χ4v) is 3.71. The summed E-state index contributed by atoms with van der Waals surface area (Å²) in [4.78, 5) is 14.8. The second-order valence-electron chi connectivity index (χ2n) is 8.34. The zero-order chi connectivity index (χ0) is 22.5. The quantitative estimate of drug-likeness (QED) is 0.485. The third-order valence-electron chi connectivity index (χ3n) is 5.70. The van der Waals surface area contributed by atoms with Crippen LogP contribution in [0, 0.1) is 13.8 Å². The third-order valence-corrected chi connectivity index (χ3v) is 5.70. The van der Waals surface area contributed by atoms with Crippen LogP contribution in [0.1, 0.15) is 65.1 Å². The molecule has 5 heteroatoms. The highest BCUT2D eigenvalue weighted by Gasteiger charge is 2.17. The lowest BCUT2D eigenvalue weighted by atomic mass is 10.0. The van der Waals surface area contributed by atoms with Gasteiger partial charge in [-0.25, -0.2) is 0 Å². The second kappa shape index (κ2) is 9.82. The summed E-state index contributed by atoms with van der Waals surface area (Å²) in [5, 5.41) is 4.56. The van der Waals surface area contributed by atoms with Crippen molar-refractivity contribution in [3.63, 3.8) is 0 Å². The first-order chi connectivity index (χ1) is 14.8. The van der Waals surface area contributed by atoms with Crippen molar-refractivity contribution >= 4 is 5.91 Å². The van der Waals surface area contributed by atoms with Crippen LogP contribution in [0.25, 0.3) is 0 Å². The van der Waals surface area contributed by atoms with E-state index in [4.69, 9.17) is 4.74 Å². The molecule has 3 aromatic rings. The lowest BCUT2D eigenvalue weighted by molar-refractivity contribution is 0.0784. The van der Waals surface area contributed by atoms with Crippen LogP contribution in [0.15, 0.2) is 48.5 Å². The molecule has 5 nitrogen and oxygen atoms in total. The predicted octanol–water partition coefficient (Wildman–Crippen LogP) is 5.49. The standard InChI is InChI=1S/C26H33N3O2/c1-7-29-20(5)25(19(4)27-29)16-28(6)26(30)23-10-8-9-21(15-23)17-31-24-13-11-22(12-14-24)18(2)3/h8-15,18H,7,16-17H2,1-6H3. The van der Waals surface area contributed by atoms with Crippen LogP contribution in [-0.2, 0) is 19.7 Å². The van der Waals surface area contributed by atoms with Gasteiger partial charge in [-0.1, -0.05) is 38.1 Å². The first-order valence-corrected chi connectivity index (χ1v) is 10.9. The molecule has 31 heavy (non-hydrogen) atoms. The molecule has 0 N–H and O–H groups in total. The highest BCUT2D eigenvalue weighted by molar-refractivity contribution is 5.94. The lowest BCUT2D eigenvalue weighted by Gasteiger charge is -2.18. The number of hydrogen-bond donors (Lipinski definition) is 0. The van der Waals surface area contributed by atoms with Gasteiger partial charge >= 0.3 is 0 Å². The number of aromatic nitrogens is 2. The Balaban J connectivity index is 1.66. The Morgan fingerprint density at radius 1 is 1.13 bits per heavy atom. The van der Waals surface area contributed by atoms with Crippen LogP contribution in [0.5, 0.6) is 5.75 Å². The maximum atomic E-state index is 13.0. The van der Waals surface area contributed by atoms with Crippen molar-refractivity contribution in [2.45, 2.75) is 60.2 Å². The largest absolute Gasteiger partial charge is 0.489 e. The van der Waals surface area contributed by atoms with Gasteiger partial charge in [0.25, 0.3) is 5.91 Å². The number of hydrogen-bond acceptors (Lipinski definition) is 3. The summed E-state index contributed by atoms with van der Waals surface area (Å²) < 4.78 is 7.91. The number of amides is 1. The minimum atomic E-state index is -0.00816. The Bertz CT molecular complexity index is 1040. The van der Waals surface area contributed by atoms with Gasteiger partial charge in [-0.15, -0.1) is 0 Å². The minimum Gasteiger partial charge on any atom is -0.489 e. The van der Waals surface area contributed by atoms with Crippen LogP contribution >= 0.6 is 0 Å². The highest BCUT2D eigenvalue weighted by atomic mass is 16.5. The highest BCUT2D eigenvalue weighted by Crippen LogP contribution is 2.20. The van der Waals surface area contributed by atoms with Gasteiger partial charge in [-0.3, -0.25) is 9.48 Å². The Kier molecular flexibility index (Phi) is 7.16. The molecule has 164 valence electrons. The molecule has 0 saturated heterocycles. The lowest BCUT2D eigenvalue weighted by Crippen LogP contribution is -2.26. The number of aryl methyl sites for hydroxylation is 2. The zero-order valence-corrected chi connectivity index (χ0v) is 19.5. The van der Waals surface area contributed by atoms with E-state index in [1.807, 2.05) is 55.1 Å². The van der Waals surface area contributed by atoms with Crippen molar-refractivity contribution in [2.75, 3.05) is 7.05 Å². The molecular formula is C26H33N3O2. The topological polar surface area (TPSA) is 47.4 Å². The van der Waals surface area contributed by atoms with Gasteiger partial charge in [0.2, 0.25) is 0 Å². The van der Waals surface area contributed by atoms with Crippen molar-refractivity contribution in [1.29, 1.82) is 0 Å². The van der Waals surface area contributed by atoms with E-state index < -0.39 is 0 Å². The summed E-state index contributed by atoms with van der Waals surface area (Å²) in [5.41, 5.74) is 6.13. The fourth-order valence-electron chi connectivity index (χ4n) is 3.71. The summed E-state index contributed by atoms with van der Waals surface area (Å²) in [7, 11) is 1.84. The van der Waals surface area contributed by atoms with Gasteiger partial charge in [-0.2, -0.15) is 5.10 Å². The van der Waals surface area contributed by atoms with Gasteiger partial charge in [0.1, 0.15) is 12.4 Å². The molecule has 0 aliphatic carbocycles. The average molecular weight is 420 g/mol. The Labute approximate surface area is 185 Å². The number of carbonyl (C=O) groups excluding carboxylic acids is 1. The summed E-state index contributed by atoms with van der Waals surface area (Å²) in [5.74, 6) is 1.32. The third kappa shape index (κ3) is 5.35. The Morgan fingerprint density at radius 3 is 2.45 bits per heavy atom. The van der Waals surface area contributed by atoms with Gasteiger partial charge in [-0.05, 0) is 62.1 Å². The van der Waals surface area contributed by atoms with Gasteiger partial charge in [0.15, 0.2) is 0 Å². The van der Waals surface area contributed by atoms with E-state index in [9.17, 15) is 4.79 Å². The number of ether oxygens (including phenoxy) is 1. The molecule has 0 bridgehead atoms. The normalized spacial score (nSPS) is 11.1. The van der Waals surface area contributed by atoms with Crippen molar-refractivity contribution in [1.82, 2.24) is 14.7 Å². The van der Waals surface area contributed by atoms with E-state index in [1.165, 1.54) is 5.56 Å². The molecule has 0 saturated carbocycles. The Hall–Kier alpha value is -3.08. The maximum Gasteiger partial charge on any atom is 0.253 e. The molecule has 0 unspecified atom stereocenters. The average Bonchev–Trinajstić information content (AvgIpc) is 3.05. The molecule has 0 aliphatic heterocycles. The van der Waals surface area contributed by atoms with Crippen molar-refractivity contribution in [3.05, 3.63) is 82.2 Å². The second-order valence-corrected chi connectivity index (χ2v) is 8.34. The molecule has 0 spiro atoms. The Morgan fingerprint density at radius 2 is 1.84 bits per heavy atom. The van der Waals surface area contributed by atoms with Crippen molar-refractivity contribution in [2.24, 2.45) is 0 Å². The van der Waals surface area contributed by atoms with Crippen LogP contribution in [0.4, 0.5) is 0 Å². The van der Waals surface area contributed by atoms with Crippen LogP contribution in [0.2, 0.25) is 0 Å². The number of rotatable bonds is 8. The number of carbonyl (C=O) groups is 1. The molecule has 1 aromatic heterocycles. The summed E-state index contributed by atoms with van der Waals surface area (Å²) >= 11 is 0. The first kappa shape index (κ1) is 22.6. The van der Waals surface area contributed by atoms with Crippen LogP contribution in [0.3, 0.4) is 0 Å². The molecule has 1 amide bonds. The minimum absolute atomic E-state index is 0.00816.